The van der Waals surface area contributed by atoms with Gasteiger partial charge < -0.3 is 29.5 Å². The molecule has 9 nitrogen and oxygen atoms in total. The topological polar surface area (TPSA) is 100 Å². The van der Waals surface area contributed by atoms with Gasteiger partial charge in [0.2, 0.25) is 5.36 Å². The lowest BCUT2D eigenvalue weighted by molar-refractivity contribution is 0.0468. The van der Waals surface area contributed by atoms with Crippen LogP contribution in [0.25, 0.3) is 5.57 Å². The second kappa shape index (κ2) is 18.7. The molecule has 0 spiro atoms. The molecule has 3 aromatic carbocycles. The van der Waals surface area contributed by atoms with Crippen LogP contribution in [0, 0.1) is 0 Å². The average Bonchev–Trinajstić information content (AvgIpc) is 3.58. The Morgan fingerprint density at radius 3 is 2.31 bits per heavy atom. The van der Waals surface area contributed by atoms with Crippen molar-refractivity contribution in [3.8, 4) is 11.5 Å². The van der Waals surface area contributed by atoms with Gasteiger partial charge in [-0.05, 0) is 81.9 Å². The number of alkyl halides is 1. The summed E-state index contributed by atoms with van der Waals surface area (Å²) in [5.41, 5.74) is 7.26. The number of rotatable bonds is 15. The lowest BCUT2D eigenvalue weighted by atomic mass is 9.82. The number of aromatic carboxylic acids is 1. The maximum absolute atomic E-state index is 14.1. The minimum absolute atomic E-state index is 0.0612. The number of carbonyl (C=O) groups is 2. The van der Waals surface area contributed by atoms with Crippen molar-refractivity contribution in [3.63, 3.8) is 0 Å². The van der Waals surface area contributed by atoms with Gasteiger partial charge in [-0.25, -0.2) is 9.37 Å². The molecule has 0 unspecified atom stereocenters. The van der Waals surface area contributed by atoms with Crippen molar-refractivity contribution >= 4 is 69.5 Å². The van der Waals surface area contributed by atoms with Gasteiger partial charge in [-0.2, -0.15) is 0 Å². The Hall–Kier alpha value is -3.05. The van der Waals surface area contributed by atoms with Crippen LogP contribution >= 0.6 is 46.4 Å². The van der Waals surface area contributed by atoms with Crippen LogP contribution < -0.4 is 30.1 Å². The summed E-state index contributed by atoms with van der Waals surface area (Å²) in [5, 5.41) is 15.3. The molecule has 0 saturated heterocycles. The van der Waals surface area contributed by atoms with Crippen LogP contribution in [0.4, 0.5) is 5.69 Å². The number of hydrogen-bond donors (Lipinski definition) is 2. The Balaban J connectivity index is 1.22. The van der Waals surface area contributed by atoms with Crippen molar-refractivity contribution < 1.29 is 28.9 Å². The molecule has 0 radical (unpaired) electrons. The lowest BCUT2D eigenvalue weighted by Gasteiger charge is -2.35. The maximum Gasteiger partial charge on any atom is 0.337 e. The molecule has 0 aromatic heterocycles. The molecule has 0 atom stereocenters. The Labute approximate surface area is 360 Å². The van der Waals surface area contributed by atoms with Crippen LogP contribution in [0.1, 0.15) is 118 Å². The van der Waals surface area contributed by atoms with Gasteiger partial charge in [0, 0.05) is 83.7 Å². The first-order valence-corrected chi connectivity index (χ1v) is 22.8. The van der Waals surface area contributed by atoms with Crippen LogP contribution in [-0.4, -0.2) is 82.0 Å². The van der Waals surface area contributed by atoms with E-state index >= 15 is 0 Å². The Morgan fingerprint density at radius 1 is 0.759 bits per heavy atom. The van der Waals surface area contributed by atoms with E-state index < -0.39 is 11.9 Å². The first-order chi connectivity index (χ1) is 28.3. The highest BCUT2D eigenvalue weighted by Crippen LogP contribution is 2.51. The average molecular weight is 873 g/mol. The van der Waals surface area contributed by atoms with Crippen LogP contribution in [0.15, 0.2) is 12.1 Å². The number of fused-ring (bicyclic) bond motifs is 4. The predicted molar refractivity (Wildman–Crippen MR) is 231 cm³/mol. The summed E-state index contributed by atoms with van der Waals surface area (Å²) in [6.45, 7) is 5.89. The molecule has 2 N–H and O–H groups in total. The molecule has 0 aliphatic carbocycles. The van der Waals surface area contributed by atoms with E-state index in [9.17, 15) is 14.7 Å². The van der Waals surface area contributed by atoms with Crippen molar-refractivity contribution in [1.29, 1.82) is 0 Å². The van der Waals surface area contributed by atoms with Gasteiger partial charge in [-0.3, -0.25) is 4.79 Å². The van der Waals surface area contributed by atoms with E-state index in [4.69, 9.17) is 60.6 Å². The molecule has 58 heavy (non-hydrogen) atoms. The smallest absolute Gasteiger partial charge is 0.337 e. The van der Waals surface area contributed by atoms with Gasteiger partial charge in [0.25, 0.3) is 5.91 Å². The van der Waals surface area contributed by atoms with E-state index in [0.29, 0.717) is 31.3 Å². The van der Waals surface area contributed by atoms with Crippen molar-refractivity contribution in [2.75, 3.05) is 69.9 Å². The number of benzene rings is 3. The van der Waals surface area contributed by atoms with Gasteiger partial charge in [-0.1, -0.05) is 47.6 Å². The molecule has 5 aliphatic rings. The predicted octanol–water partition coefficient (Wildman–Crippen LogP) is 8.12. The number of amides is 1. The minimum atomic E-state index is -1.28. The van der Waals surface area contributed by atoms with Crippen molar-refractivity contribution in [2.45, 2.75) is 89.9 Å². The zero-order chi connectivity index (χ0) is 40.3. The number of nitrogens with zero attached hydrogens (tertiary/aromatic N) is 2. The number of unbranched alkanes of at least 4 members (excludes halogenated alkanes) is 3. The molecule has 5 aliphatic heterocycles. The minimum Gasteiger partial charge on any atom is -0.478 e. The molecule has 0 saturated carbocycles. The van der Waals surface area contributed by atoms with E-state index in [2.05, 4.69) is 26.9 Å². The number of carbonyl (C=O) groups excluding carboxylic acids is 1. The monoisotopic (exact) mass is 870 g/mol. The third kappa shape index (κ3) is 8.08. The zero-order valence-corrected chi connectivity index (χ0v) is 36.0. The standard InChI is InChI=1S/C45H51Cl4N3O6/c46-15-5-1-2-8-21-56-23-24-57-22-16-50-44(53)36-37(47)34(35(45(54)55)38(48)39(36)49)33-31-25-27-11-9-19-51-17-6-3-13-29(40(27)51)42(31)58-43-30-14-4-7-18-52-20-10-12-28(41(30)52)26-32(33)43/h25-26H,1-24H2,(H-,50,53,54,55)/p+1. The number of carboxylic acid groups (broad SMARTS) is 1. The second-order valence-electron chi connectivity index (χ2n) is 16.0. The Morgan fingerprint density at radius 2 is 1.48 bits per heavy atom. The summed E-state index contributed by atoms with van der Waals surface area (Å²) < 4.78 is 21.1. The second-order valence-corrected chi connectivity index (χ2v) is 17.5. The van der Waals surface area contributed by atoms with Crippen LogP contribution in [0.3, 0.4) is 0 Å². The van der Waals surface area contributed by atoms with E-state index in [0.717, 1.165) is 149 Å². The summed E-state index contributed by atoms with van der Waals surface area (Å²) >= 11 is 26.9. The number of hydrogen-bond acceptors (Lipinski definition) is 6. The summed E-state index contributed by atoms with van der Waals surface area (Å²) in [6.07, 6.45) is 13.9. The third-order valence-corrected chi connectivity index (χ3v) is 13.8. The van der Waals surface area contributed by atoms with Crippen molar-refractivity contribution in [2.24, 2.45) is 0 Å². The fraction of sp³-hybridized carbons (Fsp3) is 0.533. The quantitative estimate of drug-likeness (QED) is 0.0539. The molecule has 310 valence electrons. The van der Waals surface area contributed by atoms with Gasteiger partial charge in [0.1, 0.15) is 24.6 Å². The van der Waals surface area contributed by atoms with Crippen molar-refractivity contribution in [3.05, 3.63) is 82.3 Å². The van der Waals surface area contributed by atoms with Gasteiger partial charge in [0.15, 0.2) is 0 Å². The number of carboxylic acids is 1. The van der Waals surface area contributed by atoms with E-state index in [1.165, 1.54) is 22.2 Å². The fourth-order valence-electron chi connectivity index (χ4n) is 9.69. The number of halogens is 4. The highest BCUT2D eigenvalue weighted by atomic mass is 35.5. The highest BCUT2D eigenvalue weighted by molar-refractivity contribution is 6.49. The fourth-order valence-corrected chi connectivity index (χ4v) is 10.8. The zero-order valence-electron chi connectivity index (χ0n) is 33.0. The molecule has 13 heteroatoms. The molecule has 5 heterocycles. The van der Waals surface area contributed by atoms with Gasteiger partial charge in [-0.15, -0.1) is 11.6 Å². The molecule has 3 aromatic rings. The third-order valence-electron chi connectivity index (χ3n) is 12.3. The van der Waals surface area contributed by atoms with Gasteiger partial charge >= 0.3 is 5.97 Å². The number of ether oxygens (including phenoxy) is 3. The summed E-state index contributed by atoms with van der Waals surface area (Å²) in [4.78, 5) is 30.0. The first-order valence-electron chi connectivity index (χ1n) is 21.2. The number of anilines is 1. The molecule has 1 amide bonds. The molecular weight excluding hydrogens is 820 g/mol. The summed E-state index contributed by atoms with van der Waals surface area (Å²) in [6, 6.07) is 4.36. The lowest BCUT2D eigenvalue weighted by Crippen LogP contribution is -2.41. The SMILES string of the molecule is O=C(NCCOCCOCCCCCCCl)c1c(Cl)c(Cl)c(C(=O)O)c(C2=c3cc4c5c(c3Oc3c2cc2c6c3CCCCN6CCC2)CCCC[N+]=5CCC4)c1Cl. The van der Waals surface area contributed by atoms with Crippen molar-refractivity contribution in [1.82, 2.24) is 9.89 Å². The van der Waals surface area contributed by atoms with Crippen LogP contribution in [-0.2, 0) is 35.2 Å². The Bertz CT molecular complexity index is 2240. The van der Waals surface area contributed by atoms with E-state index in [1.54, 1.807) is 0 Å². The van der Waals surface area contributed by atoms with Crippen LogP contribution in [0.5, 0.6) is 11.5 Å². The molecule has 0 fully saturated rings. The summed E-state index contributed by atoms with van der Waals surface area (Å²) in [7, 11) is 0. The number of nitrogens with one attached hydrogen (secondary N) is 1. The first kappa shape index (κ1) is 41.7. The van der Waals surface area contributed by atoms with Gasteiger partial charge in [0.05, 0.1) is 51.6 Å². The largest absolute Gasteiger partial charge is 0.478 e. The van der Waals surface area contributed by atoms with E-state index in [1.807, 2.05) is 0 Å². The molecule has 0 bridgehead atoms. The number of aryl methyl sites for hydroxylation is 2. The highest BCUT2D eigenvalue weighted by Gasteiger charge is 2.38. The summed E-state index contributed by atoms with van der Waals surface area (Å²) in [5.74, 6) is 0.324. The molecule has 8 rings (SSSR count). The Kier molecular flexibility index (Phi) is 13.4. The van der Waals surface area contributed by atoms with E-state index in [-0.39, 0.29) is 44.9 Å². The normalized spacial score (nSPS) is 16.7. The van der Waals surface area contributed by atoms with Crippen LogP contribution in [0.2, 0.25) is 15.1 Å². The maximum atomic E-state index is 14.1. The molecular formula is C45H52Cl4N3O6+.